The molecule has 0 bridgehead atoms. The molecule has 140 valence electrons. The maximum absolute atomic E-state index is 12.9. The molecule has 0 amide bonds. The summed E-state index contributed by atoms with van der Waals surface area (Å²) in [7, 11) is -3.59. The quantitative estimate of drug-likeness (QED) is 0.800. The fraction of sp³-hybridized carbons (Fsp3) is 0.471. The van der Waals surface area contributed by atoms with E-state index in [0.29, 0.717) is 50.8 Å². The molecular weight excluding hydrogens is 358 g/mol. The van der Waals surface area contributed by atoms with Gasteiger partial charge >= 0.3 is 0 Å². The van der Waals surface area contributed by atoms with Gasteiger partial charge in [0.2, 0.25) is 10.0 Å². The number of hydrogen-bond acceptors (Lipinski definition) is 7. The van der Waals surface area contributed by atoms with Crippen molar-refractivity contribution in [2.24, 2.45) is 0 Å². The summed E-state index contributed by atoms with van der Waals surface area (Å²) in [5, 5.41) is 3.76. The molecule has 8 nitrogen and oxygen atoms in total. The summed E-state index contributed by atoms with van der Waals surface area (Å²) in [5.74, 6) is 1.82. The highest BCUT2D eigenvalue weighted by Gasteiger charge is 2.33. The molecule has 1 aromatic carbocycles. The standard InChI is InChI=1S/C17H21N3O5S/c1-12-17(13(2)25-18-12)26(21,22)20-7-5-19(6-8-20)14-3-4-15-16(11-14)24-10-9-23-15/h3-4,11H,5-10H2,1-2H3. The summed E-state index contributed by atoms with van der Waals surface area (Å²) in [6, 6.07) is 5.83. The van der Waals surface area contributed by atoms with Crippen LogP contribution in [-0.4, -0.2) is 57.3 Å². The first kappa shape index (κ1) is 17.2. The molecule has 2 aliphatic heterocycles. The number of aromatic nitrogens is 1. The van der Waals surface area contributed by atoms with Gasteiger partial charge in [-0.25, -0.2) is 8.42 Å². The molecule has 9 heteroatoms. The van der Waals surface area contributed by atoms with Gasteiger partial charge in [0.15, 0.2) is 17.3 Å². The molecule has 0 radical (unpaired) electrons. The Bertz CT molecular complexity index is 897. The maximum Gasteiger partial charge on any atom is 0.248 e. The van der Waals surface area contributed by atoms with Crippen LogP contribution in [0.25, 0.3) is 0 Å². The van der Waals surface area contributed by atoms with Crippen molar-refractivity contribution in [3.63, 3.8) is 0 Å². The molecule has 0 atom stereocenters. The lowest BCUT2D eigenvalue weighted by Crippen LogP contribution is -2.48. The number of benzene rings is 1. The van der Waals surface area contributed by atoms with Crippen LogP contribution in [0.15, 0.2) is 27.6 Å². The fourth-order valence-corrected chi connectivity index (χ4v) is 5.10. The van der Waals surface area contributed by atoms with E-state index in [1.807, 2.05) is 18.2 Å². The van der Waals surface area contributed by atoms with Crippen LogP contribution in [0, 0.1) is 13.8 Å². The molecule has 0 aliphatic carbocycles. The highest BCUT2D eigenvalue weighted by Crippen LogP contribution is 2.34. The predicted molar refractivity (Wildman–Crippen MR) is 94.4 cm³/mol. The van der Waals surface area contributed by atoms with Crippen LogP contribution in [0.2, 0.25) is 0 Å². The Labute approximate surface area is 152 Å². The number of nitrogens with zero attached hydrogens (tertiary/aromatic N) is 3. The summed E-state index contributed by atoms with van der Waals surface area (Å²) in [6.45, 7) is 6.38. The van der Waals surface area contributed by atoms with E-state index in [-0.39, 0.29) is 4.90 Å². The molecule has 0 saturated carbocycles. The highest BCUT2D eigenvalue weighted by atomic mass is 32.2. The van der Waals surface area contributed by atoms with Crippen molar-refractivity contribution in [2.45, 2.75) is 18.7 Å². The second kappa shape index (κ2) is 6.48. The predicted octanol–water partition coefficient (Wildman–Crippen LogP) is 1.57. The third-order valence-corrected chi connectivity index (χ3v) is 6.84. The number of sulfonamides is 1. The first-order valence-corrected chi connectivity index (χ1v) is 9.98. The zero-order valence-electron chi connectivity index (χ0n) is 14.8. The van der Waals surface area contributed by atoms with E-state index in [0.717, 1.165) is 17.2 Å². The largest absolute Gasteiger partial charge is 0.486 e. The van der Waals surface area contributed by atoms with Gasteiger partial charge in [-0.3, -0.25) is 0 Å². The number of fused-ring (bicyclic) bond motifs is 1. The minimum absolute atomic E-state index is 0.185. The van der Waals surface area contributed by atoms with Crippen LogP contribution in [0.5, 0.6) is 11.5 Å². The molecule has 2 aliphatic rings. The number of ether oxygens (including phenoxy) is 2. The monoisotopic (exact) mass is 379 g/mol. The van der Waals surface area contributed by atoms with Crippen molar-refractivity contribution in [2.75, 3.05) is 44.3 Å². The maximum atomic E-state index is 12.9. The Morgan fingerprint density at radius 1 is 1.00 bits per heavy atom. The van der Waals surface area contributed by atoms with Crippen molar-refractivity contribution < 1.29 is 22.4 Å². The topological polar surface area (TPSA) is 85.1 Å². The van der Waals surface area contributed by atoms with Gasteiger partial charge in [0.05, 0.1) is 0 Å². The highest BCUT2D eigenvalue weighted by molar-refractivity contribution is 7.89. The number of piperazine rings is 1. The fourth-order valence-electron chi connectivity index (χ4n) is 3.39. The number of rotatable bonds is 3. The summed E-state index contributed by atoms with van der Waals surface area (Å²) in [5.41, 5.74) is 1.40. The Morgan fingerprint density at radius 3 is 2.35 bits per heavy atom. The minimum atomic E-state index is -3.59. The second-order valence-electron chi connectivity index (χ2n) is 6.37. The Kier molecular flexibility index (Phi) is 4.28. The lowest BCUT2D eigenvalue weighted by Gasteiger charge is -2.35. The number of anilines is 1. The third kappa shape index (κ3) is 2.90. The van der Waals surface area contributed by atoms with E-state index >= 15 is 0 Å². The average molecular weight is 379 g/mol. The van der Waals surface area contributed by atoms with E-state index in [4.69, 9.17) is 14.0 Å². The molecule has 0 spiro atoms. The number of aryl methyl sites for hydroxylation is 2. The average Bonchev–Trinajstić information content (AvgIpc) is 3.00. The molecule has 3 heterocycles. The van der Waals surface area contributed by atoms with Crippen LogP contribution >= 0.6 is 0 Å². The van der Waals surface area contributed by atoms with Crippen LogP contribution in [0.4, 0.5) is 5.69 Å². The van der Waals surface area contributed by atoms with E-state index in [1.165, 1.54) is 4.31 Å². The SMILES string of the molecule is Cc1noc(C)c1S(=O)(=O)N1CCN(c2ccc3c(c2)OCCO3)CC1. The van der Waals surface area contributed by atoms with Gasteiger partial charge in [0.25, 0.3) is 0 Å². The van der Waals surface area contributed by atoms with Crippen molar-refractivity contribution in [1.82, 2.24) is 9.46 Å². The zero-order valence-corrected chi connectivity index (χ0v) is 15.6. The Hall–Kier alpha value is -2.26. The van der Waals surface area contributed by atoms with Crippen molar-refractivity contribution in [1.29, 1.82) is 0 Å². The molecule has 0 N–H and O–H groups in total. The van der Waals surface area contributed by atoms with Crippen LogP contribution in [0.1, 0.15) is 11.5 Å². The molecule has 26 heavy (non-hydrogen) atoms. The first-order valence-electron chi connectivity index (χ1n) is 8.54. The lowest BCUT2D eigenvalue weighted by molar-refractivity contribution is 0.171. The normalized spacial score (nSPS) is 18.2. The van der Waals surface area contributed by atoms with E-state index in [1.54, 1.807) is 13.8 Å². The molecule has 1 aromatic heterocycles. The summed E-state index contributed by atoms with van der Waals surface area (Å²) in [6.07, 6.45) is 0. The zero-order chi connectivity index (χ0) is 18.3. The first-order chi connectivity index (χ1) is 12.5. The number of hydrogen-bond donors (Lipinski definition) is 0. The molecular formula is C17H21N3O5S. The third-order valence-electron chi connectivity index (χ3n) is 4.70. The van der Waals surface area contributed by atoms with E-state index in [2.05, 4.69) is 10.1 Å². The van der Waals surface area contributed by atoms with Crippen LogP contribution in [-0.2, 0) is 10.0 Å². The van der Waals surface area contributed by atoms with Gasteiger partial charge in [-0.15, -0.1) is 0 Å². The molecule has 1 fully saturated rings. The molecule has 1 saturated heterocycles. The van der Waals surface area contributed by atoms with Crippen LogP contribution < -0.4 is 14.4 Å². The molecule has 4 rings (SSSR count). The van der Waals surface area contributed by atoms with Crippen LogP contribution in [0.3, 0.4) is 0 Å². The molecule has 0 unspecified atom stereocenters. The van der Waals surface area contributed by atoms with E-state index in [9.17, 15) is 8.42 Å². The van der Waals surface area contributed by atoms with Crippen molar-refractivity contribution >= 4 is 15.7 Å². The summed E-state index contributed by atoms with van der Waals surface area (Å²) >= 11 is 0. The van der Waals surface area contributed by atoms with E-state index < -0.39 is 10.0 Å². The van der Waals surface area contributed by atoms with Gasteiger partial charge in [0, 0.05) is 37.9 Å². The van der Waals surface area contributed by atoms with Crippen molar-refractivity contribution in [3.05, 3.63) is 29.7 Å². The minimum Gasteiger partial charge on any atom is -0.486 e. The Balaban J connectivity index is 1.49. The van der Waals surface area contributed by atoms with Gasteiger partial charge in [-0.05, 0) is 26.0 Å². The second-order valence-corrected chi connectivity index (χ2v) is 8.25. The smallest absolute Gasteiger partial charge is 0.248 e. The van der Waals surface area contributed by atoms with Crippen molar-refractivity contribution in [3.8, 4) is 11.5 Å². The molecule has 2 aromatic rings. The summed E-state index contributed by atoms with van der Waals surface area (Å²) < 4.78 is 43.5. The van der Waals surface area contributed by atoms with Gasteiger partial charge in [-0.1, -0.05) is 5.16 Å². The van der Waals surface area contributed by atoms with Gasteiger partial charge in [0.1, 0.15) is 23.8 Å². The van der Waals surface area contributed by atoms with Gasteiger partial charge in [-0.2, -0.15) is 4.31 Å². The Morgan fingerprint density at radius 2 is 1.69 bits per heavy atom. The lowest BCUT2D eigenvalue weighted by atomic mass is 10.2. The summed E-state index contributed by atoms with van der Waals surface area (Å²) in [4.78, 5) is 2.34. The van der Waals surface area contributed by atoms with Gasteiger partial charge < -0.3 is 18.9 Å².